The largest absolute Gasteiger partial charge is 0.325 e. The first kappa shape index (κ1) is 13.7. The molecule has 0 atom stereocenters. The van der Waals surface area contributed by atoms with Gasteiger partial charge in [-0.3, -0.25) is 4.79 Å². The van der Waals surface area contributed by atoms with E-state index in [9.17, 15) is 13.2 Å². The highest BCUT2D eigenvalue weighted by Gasteiger charge is 2.03. The van der Waals surface area contributed by atoms with E-state index in [0.29, 0.717) is 0 Å². The molecule has 0 unspecified atom stereocenters. The molecular formula is C11H16N2O3S. The first-order valence-corrected chi connectivity index (χ1v) is 7.27. The number of amides is 1. The fraction of sp³-hybridized carbons (Fsp3) is 0.364. The van der Waals surface area contributed by atoms with Crippen molar-refractivity contribution >= 4 is 21.4 Å². The van der Waals surface area contributed by atoms with Crippen LogP contribution in [0.4, 0.5) is 5.69 Å². The van der Waals surface area contributed by atoms with E-state index in [-0.39, 0.29) is 24.7 Å². The van der Waals surface area contributed by atoms with E-state index in [2.05, 4.69) is 10.6 Å². The second-order valence-corrected chi connectivity index (χ2v) is 5.98. The lowest BCUT2D eigenvalue weighted by atomic mass is 10.3. The van der Waals surface area contributed by atoms with Gasteiger partial charge in [-0.25, -0.2) is 8.42 Å². The van der Waals surface area contributed by atoms with E-state index in [1.807, 2.05) is 18.2 Å². The Hall–Kier alpha value is -1.40. The lowest BCUT2D eigenvalue weighted by Gasteiger charge is -2.05. The van der Waals surface area contributed by atoms with E-state index < -0.39 is 9.84 Å². The van der Waals surface area contributed by atoms with Crippen LogP contribution < -0.4 is 10.6 Å². The van der Waals surface area contributed by atoms with Crippen LogP contribution in [0.3, 0.4) is 0 Å². The summed E-state index contributed by atoms with van der Waals surface area (Å²) in [6.45, 7) is 0.380. The molecule has 1 rings (SSSR count). The molecule has 0 radical (unpaired) electrons. The van der Waals surface area contributed by atoms with Crippen LogP contribution in [0.2, 0.25) is 0 Å². The SMILES string of the molecule is CS(=O)(=O)CCNCC(=O)Nc1ccccc1. The van der Waals surface area contributed by atoms with Crippen LogP contribution in [-0.2, 0) is 14.6 Å². The lowest BCUT2D eigenvalue weighted by Crippen LogP contribution is -2.31. The average Bonchev–Trinajstić information content (AvgIpc) is 2.25. The molecule has 0 heterocycles. The second kappa shape index (κ2) is 6.36. The lowest BCUT2D eigenvalue weighted by molar-refractivity contribution is -0.115. The molecule has 0 aliphatic rings. The van der Waals surface area contributed by atoms with Gasteiger partial charge in [0, 0.05) is 18.5 Å². The summed E-state index contributed by atoms with van der Waals surface area (Å²) in [5.74, 6) is -0.157. The van der Waals surface area contributed by atoms with Gasteiger partial charge in [0.25, 0.3) is 0 Å². The van der Waals surface area contributed by atoms with Crippen LogP contribution in [0, 0.1) is 0 Å². The van der Waals surface area contributed by atoms with Crippen molar-refractivity contribution in [3.05, 3.63) is 30.3 Å². The predicted molar refractivity (Wildman–Crippen MR) is 67.7 cm³/mol. The Balaban J connectivity index is 2.23. The van der Waals surface area contributed by atoms with Gasteiger partial charge in [0.15, 0.2) is 0 Å². The molecule has 0 spiro atoms. The first-order chi connectivity index (χ1) is 7.97. The molecule has 1 amide bonds. The van der Waals surface area contributed by atoms with Crippen LogP contribution in [-0.4, -0.2) is 39.4 Å². The van der Waals surface area contributed by atoms with Gasteiger partial charge >= 0.3 is 0 Å². The molecular weight excluding hydrogens is 240 g/mol. The summed E-state index contributed by atoms with van der Waals surface area (Å²) < 4.78 is 21.7. The van der Waals surface area contributed by atoms with Crippen LogP contribution in [0.1, 0.15) is 0 Å². The monoisotopic (exact) mass is 256 g/mol. The van der Waals surface area contributed by atoms with Gasteiger partial charge in [0.2, 0.25) is 5.91 Å². The molecule has 0 aliphatic heterocycles. The zero-order valence-electron chi connectivity index (χ0n) is 9.64. The number of carbonyl (C=O) groups excluding carboxylic acids is 1. The van der Waals surface area contributed by atoms with E-state index in [0.717, 1.165) is 5.69 Å². The van der Waals surface area contributed by atoms with Crippen molar-refractivity contribution in [2.24, 2.45) is 0 Å². The summed E-state index contributed by atoms with van der Waals surface area (Å²) in [6.07, 6.45) is 1.17. The molecule has 6 heteroatoms. The Morgan fingerprint density at radius 3 is 2.47 bits per heavy atom. The minimum Gasteiger partial charge on any atom is -0.325 e. The summed E-state index contributed by atoms with van der Waals surface area (Å²) in [7, 11) is -2.98. The quantitative estimate of drug-likeness (QED) is 0.716. The van der Waals surface area contributed by atoms with Gasteiger partial charge in [-0.05, 0) is 12.1 Å². The van der Waals surface area contributed by atoms with E-state index in [4.69, 9.17) is 0 Å². The molecule has 0 fully saturated rings. The zero-order valence-corrected chi connectivity index (χ0v) is 10.5. The third-order valence-corrected chi connectivity index (χ3v) is 2.94. The Labute approximate surface area is 101 Å². The minimum absolute atomic E-state index is 0.0334. The Bertz CT molecular complexity index is 457. The molecule has 1 aromatic carbocycles. The zero-order chi connectivity index (χ0) is 12.7. The Kier molecular flexibility index (Phi) is 5.11. The minimum atomic E-state index is -2.98. The summed E-state index contributed by atoms with van der Waals surface area (Å²) in [5.41, 5.74) is 0.724. The molecule has 1 aromatic rings. The fourth-order valence-corrected chi connectivity index (χ4v) is 1.70. The smallest absolute Gasteiger partial charge is 0.238 e. The Morgan fingerprint density at radius 2 is 1.88 bits per heavy atom. The number of nitrogens with one attached hydrogen (secondary N) is 2. The summed E-state index contributed by atoms with van der Waals surface area (Å²) >= 11 is 0. The third-order valence-electron chi connectivity index (χ3n) is 1.99. The van der Waals surface area contributed by atoms with Crippen molar-refractivity contribution in [1.82, 2.24) is 5.32 Å². The molecule has 5 nitrogen and oxygen atoms in total. The van der Waals surface area contributed by atoms with E-state index >= 15 is 0 Å². The molecule has 0 aromatic heterocycles. The topological polar surface area (TPSA) is 75.3 Å². The van der Waals surface area contributed by atoms with Gasteiger partial charge in [0.05, 0.1) is 12.3 Å². The molecule has 94 valence electrons. The predicted octanol–water partition coefficient (Wildman–Crippen LogP) is 0.259. The van der Waals surface area contributed by atoms with Crippen molar-refractivity contribution in [3.63, 3.8) is 0 Å². The number of rotatable bonds is 6. The Morgan fingerprint density at radius 1 is 1.24 bits per heavy atom. The van der Waals surface area contributed by atoms with Crippen molar-refractivity contribution in [1.29, 1.82) is 0 Å². The first-order valence-electron chi connectivity index (χ1n) is 5.21. The van der Waals surface area contributed by atoms with Gasteiger partial charge in [-0.1, -0.05) is 18.2 Å². The highest BCUT2D eigenvalue weighted by atomic mass is 32.2. The standard InChI is InChI=1S/C11H16N2O3S/c1-17(15,16)8-7-12-9-11(14)13-10-5-3-2-4-6-10/h2-6,12H,7-9H2,1H3,(H,13,14). The van der Waals surface area contributed by atoms with Crippen molar-refractivity contribution in [2.75, 3.05) is 30.4 Å². The molecule has 0 bridgehead atoms. The highest BCUT2D eigenvalue weighted by Crippen LogP contribution is 2.03. The maximum atomic E-state index is 11.4. The number of para-hydroxylation sites is 1. The molecule has 0 aliphatic carbocycles. The highest BCUT2D eigenvalue weighted by molar-refractivity contribution is 7.90. The maximum Gasteiger partial charge on any atom is 0.238 e. The average molecular weight is 256 g/mol. The van der Waals surface area contributed by atoms with Gasteiger partial charge in [-0.2, -0.15) is 0 Å². The van der Waals surface area contributed by atoms with Crippen LogP contribution in [0.15, 0.2) is 30.3 Å². The number of carbonyl (C=O) groups is 1. The normalized spacial score (nSPS) is 11.1. The van der Waals surface area contributed by atoms with E-state index in [1.165, 1.54) is 6.26 Å². The number of benzene rings is 1. The van der Waals surface area contributed by atoms with Crippen molar-refractivity contribution in [2.45, 2.75) is 0 Å². The number of sulfone groups is 1. The molecule has 0 saturated carbocycles. The summed E-state index contributed by atoms with van der Waals surface area (Å²) in [5, 5.41) is 5.46. The van der Waals surface area contributed by atoms with Gasteiger partial charge < -0.3 is 10.6 Å². The molecule has 2 N–H and O–H groups in total. The van der Waals surface area contributed by atoms with Crippen LogP contribution in [0.25, 0.3) is 0 Å². The van der Waals surface area contributed by atoms with Crippen LogP contribution in [0.5, 0.6) is 0 Å². The van der Waals surface area contributed by atoms with Crippen molar-refractivity contribution in [3.8, 4) is 0 Å². The molecule has 17 heavy (non-hydrogen) atoms. The number of hydrogen-bond donors (Lipinski definition) is 2. The third kappa shape index (κ3) is 6.70. The number of anilines is 1. The second-order valence-electron chi connectivity index (χ2n) is 3.72. The summed E-state index contributed by atoms with van der Waals surface area (Å²) in [6, 6.07) is 9.09. The van der Waals surface area contributed by atoms with Gasteiger partial charge in [0.1, 0.15) is 9.84 Å². The van der Waals surface area contributed by atoms with Gasteiger partial charge in [-0.15, -0.1) is 0 Å². The summed E-state index contributed by atoms with van der Waals surface area (Å²) in [4.78, 5) is 11.4. The van der Waals surface area contributed by atoms with E-state index in [1.54, 1.807) is 12.1 Å². The number of hydrogen-bond acceptors (Lipinski definition) is 4. The molecule has 0 saturated heterocycles. The van der Waals surface area contributed by atoms with Crippen LogP contribution >= 0.6 is 0 Å². The van der Waals surface area contributed by atoms with Crippen molar-refractivity contribution < 1.29 is 13.2 Å². The maximum absolute atomic E-state index is 11.4. The fourth-order valence-electron chi connectivity index (χ4n) is 1.19.